The summed E-state index contributed by atoms with van der Waals surface area (Å²) in [5, 5.41) is 4.30. The average Bonchev–Trinajstić information content (AvgIpc) is 3.49. The van der Waals surface area contributed by atoms with Gasteiger partial charge in [-0.15, -0.1) is 22.7 Å². The van der Waals surface area contributed by atoms with Crippen molar-refractivity contribution in [2.75, 3.05) is 6.54 Å². The molecule has 0 fully saturated rings. The molecule has 0 saturated carbocycles. The third-order valence-electron chi connectivity index (χ3n) is 6.06. The number of H-pyrrole nitrogens is 1. The van der Waals surface area contributed by atoms with Gasteiger partial charge < -0.3 is 4.57 Å². The summed E-state index contributed by atoms with van der Waals surface area (Å²) in [6.45, 7) is 4.18. The van der Waals surface area contributed by atoms with Gasteiger partial charge in [0.1, 0.15) is 5.82 Å². The van der Waals surface area contributed by atoms with Gasteiger partial charge in [0.25, 0.3) is 5.56 Å². The lowest BCUT2D eigenvalue weighted by Crippen LogP contribution is -2.35. The van der Waals surface area contributed by atoms with Crippen LogP contribution >= 0.6 is 22.7 Å². The van der Waals surface area contributed by atoms with E-state index in [1.165, 1.54) is 15.3 Å². The lowest BCUT2D eigenvalue weighted by atomic mass is 9.98. The van der Waals surface area contributed by atoms with Gasteiger partial charge in [-0.05, 0) is 41.3 Å². The van der Waals surface area contributed by atoms with Crippen LogP contribution in [-0.4, -0.2) is 30.5 Å². The molecule has 4 aromatic rings. The Kier molecular flexibility index (Phi) is 5.41. The van der Waals surface area contributed by atoms with Gasteiger partial charge in [0.05, 0.1) is 12.6 Å². The van der Waals surface area contributed by atoms with Crippen molar-refractivity contribution in [3.05, 3.63) is 70.9 Å². The molecule has 0 spiro atoms. The molecular formula is C22H25N5O2S2. The lowest BCUT2D eigenvalue weighted by molar-refractivity contribution is 0.202. The minimum atomic E-state index is -0.382. The van der Waals surface area contributed by atoms with Crippen LogP contribution in [0.25, 0.3) is 11.2 Å². The molecule has 7 nitrogen and oxygen atoms in total. The maximum Gasteiger partial charge on any atom is 0.330 e. The maximum atomic E-state index is 12.6. The number of imidazole rings is 1. The molecule has 1 atom stereocenters. The zero-order valence-corrected chi connectivity index (χ0v) is 19.3. The number of thiophene rings is 2. The number of fused-ring (bicyclic) bond motifs is 2. The molecule has 9 heteroatoms. The molecule has 0 amide bonds. The van der Waals surface area contributed by atoms with Crippen LogP contribution in [0.1, 0.15) is 46.9 Å². The molecular weight excluding hydrogens is 430 g/mol. The van der Waals surface area contributed by atoms with Gasteiger partial charge >= 0.3 is 5.69 Å². The van der Waals surface area contributed by atoms with Crippen molar-refractivity contribution in [3.8, 4) is 0 Å². The first-order valence-corrected chi connectivity index (χ1v) is 12.4. The third-order valence-corrected chi connectivity index (χ3v) is 7.99. The second-order valence-corrected chi connectivity index (χ2v) is 9.94. The number of aryl methyl sites for hydroxylation is 2. The Morgan fingerprint density at radius 1 is 1.23 bits per heavy atom. The Labute approximate surface area is 187 Å². The number of aromatic amines is 1. The van der Waals surface area contributed by atoms with Crippen LogP contribution in [-0.2, 0) is 26.6 Å². The van der Waals surface area contributed by atoms with E-state index in [0.29, 0.717) is 24.3 Å². The van der Waals surface area contributed by atoms with Crippen LogP contribution in [0.2, 0.25) is 0 Å². The molecule has 0 aliphatic carbocycles. The molecule has 1 aliphatic rings. The van der Waals surface area contributed by atoms with Crippen molar-refractivity contribution < 1.29 is 0 Å². The number of nitrogens with zero attached hydrogens (tertiary/aromatic N) is 4. The highest BCUT2D eigenvalue weighted by Gasteiger charge is 2.31. The van der Waals surface area contributed by atoms with Crippen LogP contribution in [0.5, 0.6) is 0 Å². The van der Waals surface area contributed by atoms with Crippen LogP contribution in [0.3, 0.4) is 0 Å². The van der Waals surface area contributed by atoms with Crippen molar-refractivity contribution in [1.82, 2.24) is 24.0 Å². The highest BCUT2D eigenvalue weighted by atomic mass is 32.1. The fourth-order valence-corrected chi connectivity index (χ4v) is 6.24. The van der Waals surface area contributed by atoms with Crippen LogP contribution < -0.4 is 11.2 Å². The molecule has 31 heavy (non-hydrogen) atoms. The minimum absolute atomic E-state index is 0.190. The Morgan fingerprint density at radius 3 is 2.87 bits per heavy atom. The predicted molar refractivity (Wildman–Crippen MR) is 125 cm³/mol. The van der Waals surface area contributed by atoms with Crippen molar-refractivity contribution in [3.63, 3.8) is 0 Å². The van der Waals surface area contributed by atoms with E-state index >= 15 is 0 Å². The normalized spacial score (nSPS) is 16.8. The van der Waals surface area contributed by atoms with E-state index in [1.54, 1.807) is 15.9 Å². The van der Waals surface area contributed by atoms with E-state index < -0.39 is 0 Å². The largest absolute Gasteiger partial charge is 0.330 e. The maximum absolute atomic E-state index is 12.6. The molecule has 0 radical (unpaired) electrons. The van der Waals surface area contributed by atoms with Gasteiger partial charge in [-0.25, -0.2) is 9.78 Å². The van der Waals surface area contributed by atoms with Crippen molar-refractivity contribution in [2.24, 2.45) is 7.05 Å². The number of unbranched alkanes of at least 4 members (excludes halogenated alkanes) is 1. The van der Waals surface area contributed by atoms with Crippen LogP contribution in [0.15, 0.2) is 38.5 Å². The van der Waals surface area contributed by atoms with E-state index in [4.69, 9.17) is 4.98 Å². The fourth-order valence-electron chi connectivity index (χ4n) is 4.46. The van der Waals surface area contributed by atoms with Gasteiger partial charge in [0, 0.05) is 29.9 Å². The molecule has 0 unspecified atom stereocenters. The van der Waals surface area contributed by atoms with E-state index in [1.807, 2.05) is 23.0 Å². The Balaban J connectivity index is 1.57. The third kappa shape index (κ3) is 3.50. The minimum Gasteiger partial charge on any atom is -0.324 e. The predicted octanol–water partition coefficient (Wildman–Crippen LogP) is 3.49. The Hall–Kier alpha value is -2.49. The summed E-state index contributed by atoms with van der Waals surface area (Å²) >= 11 is 3.60. The van der Waals surface area contributed by atoms with E-state index in [0.717, 1.165) is 31.6 Å². The first kappa shape index (κ1) is 20.4. The zero-order valence-electron chi connectivity index (χ0n) is 17.6. The summed E-state index contributed by atoms with van der Waals surface area (Å²) in [7, 11) is 1.87. The molecule has 0 bridgehead atoms. The van der Waals surface area contributed by atoms with Gasteiger partial charge in [-0.1, -0.05) is 19.4 Å². The van der Waals surface area contributed by atoms with Crippen LogP contribution in [0.4, 0.5) is 0 Å². The molecule has 0 aromatic carbocycles. The topological polar surface area (TPSA) is 75.9 Å². The smallest absolute Gasteiger partial charge is 0.324 e. The standard InChI is InChI=1S/C22H25N5O2S2/c1-3-4-9-27-20-19(21(28)24-22(27)29)25(2)17(23-20)13-26-10-7-15-14(8-12-31-15)18(26)16-6-5-11-30-16/h5-6,8,11-12,18H,3-4,7,9-10,13H2,1-2H3,(H,24,28,29)/t18-/m0/s1. The van der Waals surface area contributed by atoms with Gasteiger partial charge in [-0.2, -0.15) is 0 Å². The molecule has 1 N–H and O–H groups in total. The first-order chi connectivity index (χ1) is 15.1. The van der Waals surface area contributed by atoms with E-state index in [9.17, 15) is 9.59 Å². The summed E-state index contributed by atoms with van der Waals surface area (Å²) in [4.78, 5) is 37.5. The summed E-state index contributed by atoms with van der Waals surface area (Å²) < 4.78 is 3.46. The van der Waals surface area contributed by atoms with Gasteiger partial charge in [-0.3, -0.25) is 19.2 Å². The van der Waals surface area contributed by atoms with E-state index in [-0.39, 0.29) is 17.3 Å². The highest BCUT2D eigenvalue weighted by molar-refractivity contribution is 7.10. The molecule has 4 aromatic heterocycles. The van der Waals surface area contributed by atoms with Crippen LogP contribution in [0, 0.1) is 0 Å². The molecule has 162 valence electrons. The second-order valence-electron chi connectivity index (χ2n) is 7.96. The number of rotatable bonds is 6. The fraction of sp³-hybridized carbons (Fsp3) is 0.409. The zero-order chi connectivity index (χ0) is 21.5. The SMILES string of the molecule is CCCCn1c(=O)[nH]c(=O)c2c1nc(CN1CCc3sccc3[C@H]1c1cccs1)n2C. The van der Waals surface area contributed by atoms with Crippen molar-refractivity contribution in [1.29, 1.82) is 0 Å². The molecule has 0 saturated heterocycles. The summed E-state index contributed by atoms with van der Waals surface area (Å²) in [5.41, 5.74) is 1.57. The molecule has 1 aliphatic heterocycles. The Morgan fingerprint density at radius 2 is 2.10 bits per heavy atom. The molecule has 5 rings (SSSR count). The average molecular weight is 456 g/mol. The van der Waals surface area contributed by atoms with Crippen molar-refractivity contribution >= 4 is 33.8 Å². The summed E-state index contributed by atoms with van der Waals surface area (Å²) in [5.74, 6) is 0.802. The van der Waals surface area contributed by atoms with Crippen molar-refractivity contribution in [2.45, 2.75) is 45.3 Å². The second kappa shape index (κ2) is 8.22. The number of hydrogen-bond acceptors (Lipinski definition) is 6. The summed E-state index contributed by atoms with van der Waals surface area (Å²) in [6.07, 6.45) is 2.84. The molecule has 5 heterocycles. The monoisotopic (exact) mass is 455 g/mol. The summed E-state index contributed by atoms with van der Waals surface area (Å²) in [6, 6.07) is 6.71. The first-order valence-electron chi connectivity index (χ1n) is 10.6. The van der Waals surface area contributed by atoms with Gasteiger partial charge in [0.15, 0.2) is 11.2 Å². The lowest BCUT2D eigenvalue weighted by Gasteiger charge is -2.35. The Bertz CT molecular complexity index is 1330. The van der Waals surface area contributed by atoms with Gasteiger partial charge in [0.2, 0.25) is 0 Å². The number of aromatic nitrogens is 4. The highest BCUT2D eigenvalue weighted by Crippen LogP contribution is 2.40. The quantitative estimate of drug-likeness (QED) is 0.483. The van der Waals surface area contributed by atoms with E-state index in [2.05, 4.69) is 45.8 Å². The number of nitrogens with one attached hydrogen (secondary N) is 1. The number of hydrogen-bond donors (Lipinski definition) is 1.